The maximum Gasteiger partial charge on any atom is 0.239 e. The van der Waals surface area contributed by atoms with E-state index in [0.29, 0.717) is 26.3 Å². The largest absolute Gasteiger partial charge is 0.378 e. The molecule has 1 aromatic heterocycles. The van der Waals surface area contributed by atoms with Gasteiger partial charge in [0.2, 0.25) is 11.0 Å². The second-order valence-corrected chi connectivity index (χ2v) is 5.55. The van der Waals surface area contributed by atoms with Gasteiger partial charge in [-0.25, -0.2) is 0 Å². The number of likely N-dealkylation sites (N-methyl/N-ethyl adjacent to an activating group) is 1. The van der Waals surface area contributed by atoms with Crippen LogP contribution >= 0.6 is 11.3 Å². The number of rotatable bonds is 6. The van der Waals surface area contributed by atoms with Crippen LogP contribution in [0, 0.1) is 0 Å². The molecule has 2 heterocycles. The Kier molecular flexibility index (Phi) is 5.69. The summed E-state index contributed by atoms with van der Waals surface area (Å²) in [6, 6.07) is -0.241. The Morgan fingerprint density at radius 2 is 2.30 bits per heavy atom. The number of carbonyl (C=O) groups is 1. The first-order valence-corrected chi connectivity index (χ1v) is 7.72. The van der Waals surface area contributed by atoms with Gasteiger partial charge in [-0.2, -0.15) is 0 Å². The molecule has 7 nitrogen and oxygen atoms in total. The van der Waals surface area contributed by atoms with Gasteiger partial charge in [0, 0.05) is 19.6 Å². The minimum absolute atomic E-state index is 0.0172. The topological polar surface area (TPSA) is 79.4 Å². The highest BCUT2D eigenvalue weighted by molar-refractivity contribution is 7.15. The van der Waals surface area contributed by atoms with Crippen molar-refractivity contribution in [3.8, 4) is 0 Å². The Labute approximate surface area is 122 Å². The summed E-state index contributed by atoms with van der Waals surface area (Å²) in [6.45, 7) is 7.85. The van der Waals surface area contributed by atoms with E-state index < -0.39 is 0 Å². The van der Waals surface area contributed by atoms with Gasteiger partial charge in [0.15, 0.2) is 0 Å². The standard InChI is InChI=1S/C12H21N5O2S/c1-3-13-11(18)9-8-19-6-5-17(9)7-10-15-16-12(20-10)14-4-2/h9H,3-8H2,1-2H3,(H,13,18)(H,14,16). The number of amides is 1. The van der Waals surface area contributed by atoms with Gasteiger partial charge in [-0.05, 0) is 13.8 Å². The van der Waals surface area contributed by atoms with Gasteiger partial charge in [-0.15, -0.1) is 10.2 Å². The third-order valence-electron chi connectivity index (χ3n) is 3.03. The molecule has 1 aliphatic rings. The lowest BCUT2D eigenvalue weighted by atomic mass is 10.2. The Morgan fingerprint density at radius 1 is 1.45 bits per heavy atom. The highest BCUT2D eigenvalue weighted by Crippen LogP contribution is 2.19. The van der Waals surface area contributed by atoms with Gasteiger partial charge in [0.1, 0.15) is 11.0 Å². The molecule has 2 N–H and O–H groups in total. The zero-order chi connectivity index (χ0) is 14.4. The average Bonchev–Trinajstić information content (AvgIpc) is 2.87. The molecule has 1 aromatic rings. The predicted octanol–water partition coefficient (Wildman–Crippen LogP) is 0.307. The van der Waals surface area contributed by atoms with Gasteiger partial charge in [-0.3, -0.25) is 9.69 Å². The molecule has 0 radical (unpaired) electrons. The van der Waals surface area contributed by atoms with E-state index in [2.05, 4.69) is 25.7 Å². The van der Waals surface area contributed by atoms with Crippen LogP contribution in [-0.2, 0) is 16.1 Å². The molecule has 1 amide bonds. The first kappa shape index (κ1) is 15.1. The molecule has 1 aliphatic heterocycles. The molecule has 1 saturated heterocycles. The van der Waals surface area contributed by atoms with Crippen LogP contribution in [0.5, 0.6) is 0 Å². The summed E-state index contributed by atoms with van der Waals surface area (Å²) in [4.78, 5) is 14.1. The van der Waals surface area contributed by atoms with Crippen LogP contribution in [0.2, 0.25) is 0 Å². The molecule has 20 heavy (non-hydrogen) atoms. The van der Waals surface area contributed by atoms with Crippen molar-refractivity contribution in [2.75, 3.05) is 38.2 Å². The van der Waals surface area contributed by atoms with Gasteiger partial charge in [0.25, 0.3) is 0 Å². The molecule has 0 bridgehead atoms. The zero-order valence-electron chi connectivity index (χ0n) is 11.9. The normalized spacial score (nSPS) is 19.8. The third-order valence-corrected chi connectivity index (χ3v) is 3.89. The fourth-order valence-corrected chi connectivity index (χ4v) is 2.91. The number of hydrogen-bond donors (Lipinski definition) is 2. The molecule has 1 atom stereocenters. The van der Waals surface area contributed by atoms with Crippen molar-refractivity contribution in [1.82, 2.24) is 20.4 Å². The molecule has 8 heteroatoms. The predicted molar refractivity (Wildman–Crippen MR) is 77.8 cm³/mol. The van der Waals surface area contributed by atoms with E-state index in [4.69, 9.17) is 4.74 Å². The van der Waals surface area contributed by atoms with Crippen molar-refractivity contribution >= 4 is 22.4 Å². The van der Waals surface area contributed by atoms with E-state index in [-0.39, 0.29) is 11.9 Å². The number of hydrogen-bond acceptors (Lipinski definition) is 7. The maximum absolute atomic E-state index is 12.0. The number of nitrogens with zero attached hydrogens (tertiary/aromatic N) is 3. The minimum atomic E-state index is -0.241. The van der Waals surface area contributed by atoms with Gasteiger partial charge >= 0.3 is 0 Å². The van der Waals surface area contributed by atoms with Crippen LogP contribution in [0.15, 0.2) is 0 Å². The summed E-state index contributed by atoms with van der Waals surface area (Å²) in [5, 5.41) is 16.0. The molecule has 0 aliphatic carbocycles. The number of nitrogens with one attached hydrogen (secondary N) is 2. The molecular weight excluding hydrogens is 278 g/mol. The quantitative estimate of drug-likeness (QED) is 0.787. The smallest absolute Gasteiger partial charge is 0.239 e. The fraction of sp³-hybridized carbons (Fsp3) is 0.750. The van der Waals surface area contributed by atoms with Crippen LogP contribution in [0.1, 0.15) is 18.9 Å². The monoisotopic (exact) mass is 299 g/mol. The number of aromatic nitrogens is 2. The zero-order valence-corrected chi connectivity index (χ0v) is 12.7. The molecule has 0 spiro atoms. The number of carbonyl (C=O) groups excluding carboxylic acids is 1. The minimum Gasteiger partial charge on any atom is -0.378 e. The van der Waals surface area contributed by atoms with E-state index in [1.54, 1.807) is 0 Å². The number of ether oxygens (including phenoxy) is 1. The molecule has 0 aromatic carbocycles. The summed E-state index contributed by atoms with van der Waals surface area (Å²) >= 11 is 1.53. The summed E-state index contributed by atoms with van der Waals surface area (Å²) in [5.41, 5.74) is 0. The van der Waals surface area contributed by atoms with Crippen LogP contribution < -0.4 is 10.6 Å². The lowest BCUT2D eigenvalue weighted by Gasteiger charge is -2.33. The van der Waals surface area contributed by atoms with Gasteiger partial charge in [0.05, 0.1) is 19.8 Å². The van der Waals surface area contributed by atoms with E-state index in [1.807, 2.05) is 13.8 Å². The Hall–Kier alpha value is -1.25. The summed E-state index contributed by atoms with van der Waals surface area (Å²) in [5.74, 6) is 0.0172. The average molecular weight is 299 g/mol. The van der Waals surface area contributed by atoms with Crippen LogP contribution in [0.25, 0.3) is 0 Å². The van der Waals surface area contributed by atoms with E-state index in [9.17, 15) is 4.79 Å². The highest BCUT2D eigenvalue weighted by atomic mass is 32.1. The SMILES string of the molecule is CCNC(=O)C1COCCN1Cc1nnc(NCC)s1. The lowest BCUT2D eigenvalue weighted by molar-refractivity contribution is -0.132. The number of morpholine rings is 1. The molecule has 2 rings (SSSR count). The van der Waals surface area contributed by atoms with Crippen molar-refractivity contribution < 1.29 is 9.53 Å². The highest BCUT2D eigenvalue weighted by Gasteiger charge is 2.29. The van der Waals surface area contributed by atoms with Crippen molar-refractivity contribution in [2.45, 2.75) is 26.4 Å². The van der Waals surface area contributed by atoms with E-state index in [0.717, 1.165) is 23.2 Å². The van der Waals surface area contributed by atoms with Crippen LogP contribution in [-0.4, -0.2) is 59.9 Å². The van der Waals surface area contributed by atoms with Crippen molar-refractivity contribution in [2.24, 2.45) is 0 Å². The first-order valence-electron chi connectivity index (χ1n) is 6.90. The van der Waals surface area contributed by atoms with Crippen molar-refractivity contribution in [3.05, 3.63) is 5.01 Å². The van der Waals surface area contributed by atoms with Gasteiger partial charge in [-0.1, -0.05) is 11.3 Å². The van der Waals surface area contributed by atoms with Crippen LogP contribution in [0.3, 0.4) is 0 Å². The van der Waals surface area contributed by atoms with Crippen molar-refractivity contribution in [3.63, 3.8) is 0 Å². The van der Waals surface area contributed by atoms with E-state index >= 15 is 0 Å². The Morgan fingerprint density at radius 3 is 3.05 bits per heavy atom. The van der Waals surface area contributed by atoms with Gasteiger partial charge < -0.3 is 15.4 Å². The Bertz CT molecular complexity index is 439. The molecule has 112 valence electrons. The second kappa shape index (κ2) is 7.51. The third kappa shape index (κ3) is 3.87. The maximum atomic E-state index is 12.0. The lowest BCUT2D eigenvalue weighted by Crippen LogP contribution is -2.53. The molecule has 1 unspecified atom stereocenters. The Balaban J connectivity index is 1.98. The van der Waals surface area contributed by atoms with Crippen LogP contribution in [0.4, 0.5) is 5.13 Å². The number of anilines is 1. The summed E-state index contributed by atoms with van der Waals surface area (Å²) in [7, 11) is 0. The second-order valence-electron chi connectivity index (χ2n) is 4.49. The fourth-order valence-electron chi connectivity index (χ4n) is 2.07. The van der Waals surface area contributed by atoms with E-state index in [1.165, 1.54) is 11.3 Å². The molecule has 0 saturated carbocycles. The first-order chi connectivity index (χ1) is 9.74. The summed E-state index contributed by atoms with van der Waals surface area (Å²) in [6.07, 6.45) is 0. The molecule has 1 fully saturated rings. The summed E-state index contributed by atoms with van der Waals surface area (Å²) < 4.78 is 5.41. The molecular formula is C12H21N5O2S. The van der Waals surface area contributed by atoms with Crippen molar-refractivity contribution in [1.29, 1.82) is 0 Å².